The average molecular weight is 305 g/mol. The minimum atomic E-state index is -2.33. The van der Waals surface area contributed by atoms with Crippen molar-refractivity contribution in [2.24, 2.45) is 0 Å². The molecule has 0 spiro atoms. The highest BCUT2D eigenvalue weighted by molar-refractivity contribution is 6.59. The summed E-state index contributed by atoms with van der Waals surface area (Å²) in [4.78, 5) is 12.0. The number of halogens is 2. The van der Waals surface area contributed by atoms with Crippen LogP contribution >= 0.6 is 0 Å². The van der Waals surface area contributed by atoms with Gasteiger partial charge in [0.25, 0.3) is 5.91 Å². The van der Waals surface area contributed by atoms with E-state index in [1.165, 1.54) is 0 Å². The Balaban J connectivity index is 2.16. The summed E-state index contributed by atoms with van der Waals surface area (Å²) < 4.78 is 27.3. The molecule has 0 aliphatic rings. The highest BCUT2D eigenvalue weighted by atomic mass is 19.1. The molecule has 0 aromatic heterocycles. The third kappa shape index (κ3) is 3.50. The van der Waals surface area contributed by atoms with E-state index in [9.17, 15) is 13.6 Å². The summed E-state index contributed by atoms with van der Waals surface area (Å²) in [5.74, 6) is -3.17. The van der Waals surface area contributed by atoms with Gasteiger partial charge in [0.15, 0.2) is 0 Å². The van der Waals surface area contributed by atoms with Crippen LogP contribution in [0.15, 0.2) is 36.4 Å². The molecule has 0 bridgehead atoms. The zero-order chi connectivity index (χ0) is 16.3. The van der Waals surface area contributed by atoms with Gasteiger partial charge in [-0.25, -0.2) is 8.78 Å². The summed E-state index contributed by atoms with van der Waals surface area (Å²) in [6.45, 7) is 2.10. The second-order valence-corrected chi connectivity index (χ2v) is 4.86. The number of aryl methyl sites for hydroxylation is 1. The molecule has 0 heterocycles. The molecule has 22 heavy (non-hydrogen) atoms. The topological polar surface area (TPSA) is 69.6 Å². The van der Waals surface area contributed by atoms with E-state index in [2.05, 4.69) is 5.32 Å². The van der Waals surface area contributed by atoms with Crippen LogP contribution in [-0.4, -0.2) is 23.1 Å². The van der Waals surface area contributed by atoms with Gasteiger partial charge in [-0.3, -0.25) is 4.79 Å². The first-order valence-corrected chi connectivity index (χ1v) is 6.58. The number of carbonyl (C=O) groups is 1. The van der Waals surface area contributed by atoms with Crippen LogP contribution < -0.4 is 10.8 Å². The van der Waals surface area contributed by atoms with Gasteiger partial charge < -0.3 is 15.4 Å². The molecule has 0 atom stereocenters. The summed E-state index contributed by atoms with van der Waals surface area (Å²) in [5, 5.41) is 20.4. The fraction of sp³-hybridized carbons (Fsp3) is 0.133. The van der Waals surface area contributed by atoms with E-state index in [-0.39, 0.29) is 6.54 Å². The minimum absolute atomic E-state index is 0.174. The maximum Gasteiger partial charge on any atom is 0.494 e. The molecule has 0 aliphatic carbocycles. The van der Waals surface area contributed by atoms with Crippen molar-refractivity contribution < 1.29 is 23.6 Å². The molecule has 0 saturated carbocycles. The number of benzene rings is 2. The third-order valence-corrected chi connectivity index (χ3v) is 3.20. The van der Waals surface area contributed by atoms with E-state index >= 15 is 0 Å². The molecule has 0 fully saturated rings. The number of amides is 1. The lowest BCUT2D eigenvalue weighted by atomic mass is 9.78. The molecule has 2 aromatic carbocycles. The molecular weight excluding hydrogens is 291 g/mol. The summed E-state index contributed by atoms with van der Waals surface area (Å²) in [6.07, 6.45) is 0. The van der Waals surface area contributed by atoms with Crippen LogP contribution in [-0.2, 0) is 6.54 Å². The molecule has 0 aliphatic heterocycles. The molecule has 4 nitrogen and oxygen atoms in total. The molecule has 0 radical (unpaired) electrons. The highest BCUT2D eigenvalue weighted by Crippen LogP contribution is 2.09. The largest absolute Gasteiger partial charge is 0.494 e. The van der Waals surface area contributed by atoms with Crippen LogP contribution in [0, 0.1) is 18.6 Å². The van der Waals surface area contributed by atoms with Crippen LogP contribution in [0.25, 0.3) is 0 Å². The second kappa shape index (κ2) is 6.68. The van der Waals surface area contributed by atoms with Crippen molar-refractivity contribution in [3.8, 4) is 0 Å². The van der Waals surface area contributed by atoms with E-state index in [0.717, 1.165) is 23.3 Å². The Hall–Kier alpha value is -2.25. The number of carbonyl (C=O) groups excluding carboxylic acids is 1. The van der Waals surface area contributed by atoms with E-state index in [1.807, 2.05) is 31.2 Å². The predicted molar refractivity (Wildman–Crippen MR) is 78.5 cm³/mol. The zero-order valence-electron chi connectivity index (χ0n) is 11.8. The van der Waals surface area contributed by atoms with Crippen LogP contribution in [0.5, 0.6) is 0 Å². The van der Waals surface area contributed by atoms with E-state index in [1.54, 1.807) is 0 Å². The molecule has 1 amide bonds. The van der Waals surface area contributed by atoms with Crippen molar-refractivity contribution in [2.45, 2.75) is 13.5 Å². The highest BCUT2D eigenvalue weighted by Gasteiger charge is 2.26. The van der Waals surface area contributed by atoms with Gasteiger partial charge in [0, 0.05) is 6.54 Å². The van der Waals surface area contributed by atoms with Crippen molar-refractivity contribution in [2.75, 3.05) is 0 Å². The van der Waals surface area contributed by atoms with Crippen LogP contribution in [0.3, 0.4) is 0 Å². The van der Waals surface area contributed by atoms with Crippen molar-refractivity contribution in [3.63, 3.8) is 0 Å². The monoisotopic (exact) mass is 305 g/mol. The molecule has 2 aromatic rings. The van der Waals surface area contributed by atoms with Gasteiger partial charge in [0.1, 0.15) is 11.6 Å². The zero-order valence-corrected chi connectivity index (χ0v) is 11.8. The van der Waals surface area contributed by atoms with Gasteiger partial charge in [-0.1, -0.05) is 29.8 Å². The number of rotatable bonds is 4. The summed E-state index contributed by atoms with van der Waals surface area (Å²) >= 11 is 0. The van der Waals surface area contributed by atoms with E-state index < -0.39 is 35.7 Å². The van der Waals surface area contributed by atoms with E-state index in [0.29, 0.717) is 0 Å². The lowest BCUT2D eigenvalue weighted by Crippen LogP contribution is -2.38. The Morgan fingerprint density at radius 2 is 1.77 bits per heavy atom. The quantitative estimate of drug-likeness (QED) is 0.735. The molecular formula is C15H14BF2NO3. The fourth-order valence-electron chi connectivity index (χ4n) is 1.96. The van der Waals surface area contributed by atoms with E-state index in [4.69, 9.17) is 10.0 Å². The summed E-state index contributed by atoms with van der Waals surface area (Å²) in [7, 11) is -2.33. The van der Waals surface area contributed by atoms with Gasteiger partial charge in [0.2, 0.25) is 0 Å². The van der Waals surface area contributed by atoms with Crippen molar-refractivity contribution >= 4 is 18.5 Å². The number of hydrogen-bond donors (Lipinski definition) is 3. The molecule has 0 saturated heterocycles. The molecule has 2 rings (SSSR count). The number of nitrogens with one attached hydrogen (secondary N) is 1. The van der Waals surface area contributed by atoms with Crippen LogP contribution in [0.1, 0.15) is 21.5 Å². The SMILES string of the molecule is Cc1ccc(CNC(=O)c2ccc(F)c(B(O)O)c2F)cc1. The maximum absolute atomic E-state index is 14.0. The first kappa shape index (κ1) is 16.1. The van der Waals surface area contributed by atoms with Gasteiger partial charge >= 0.3 is 7.12 Å². The smallest absolute Gasteiger partial charge is 0.423 e. The van der Waals surface area contributed by atoms with Gasteiger partial charge in [0.05, 0.1) is 11.0 Å². The van der Waals surface area contributed by atoms with Crippen LogP contribution in [0.2, 0.25) is 0 Å². The van der Waals surface area contributed by atoms with Crippen molar-refractivity contribution in [1.29, 1.82) is 0 Å². The normalized spacial score (nSPS) is 10.4. The Kier molecular flexibility index (Phi) is 4.90. The van der Waals surface area contributed by atoms with Gasteiger partial charge in [-0.15, -0.1) is 0 Å². The Labute approximate surface area is 126 Å². The lowest BCUT2D eigenvalue weighted by molar-refractivity contribution is 0.0947. The first-order valence-electron chi connectivity index (χ1n) is 6.58. The first-order chi connectivity index (χ1) is 10.4. The van der Waals surface area contributed by atoms with Gasteiger partial charge in [-0.05, 0) is 24.6 Å². The Morgan fingerprint density at radius 3 is 2.36 bits per heavy atom. The minimum Gasteiger partial charge on any atom is -0.423 e. The fourth-order valence-corrected chi connectivity index (χ4v) is 1.96. The van der Waals surface area contributed by atoms with Crippen LogP contribution in [0.4, 0.5) is 8.78 Å². The second-order valence-electron chi connectivity index (χ2n) is 4.86. The molecule has 7 heteroatoms. The summed E-state index contributed by atoms with van der Waals surface area (Å²) in [5.41, 5.74) is 0.504. The lowest BCUT2D eigenvalue weighted by Gasteiger charge is -2.10. The number of hydrogen-bond acceptors (Lipinski definition) is 3. The Bertz CT molecular complexity index is 690. The molecule has 114 valence electrons. The van der Waals surface area contributed by atoms with Crippen molar-refractivity contribution in [3.05, 3.63) is 64.7 Å². The summed E-state index contributed by atoms with van der Waals surface area (Å²) in [6, 6.07) is 9.17. The maximum atomic E-state index is 14.0. The average Bonchev–Trinajstić information content (AvgIpc) is 2.46. The molecule has 3 N–H and O–H groups in total. The van der Waals surface area contributed by atoms with Gasteiger partial charge in [-0.2, -0.15) is 0 Å². The third-order valence-electron chi connectivity index (χ3n) is 3.20. The van der Waals surface area contributed by atoms with Crippen molar-refractivity contribution in [1.82, 2.24) is 5.32 Å². The molecule has 0 unspecified atom stereocenters. The predicted octanol–water partition coefficient (Wildman–Crippen LogP) is 0.883. The Morgan fingerprint density at radius 1 is 1.14 bits per heavy atom. The standard InChI is InChI=1S/C15H14BF2NO3/c1-9-2-4-10(5-3-9)8-19-15(20)11-6-7-12(17)13(14(11)18)16(21)22/h2-7,21-22H,8H2,1H3,(H,19,20).